The van der Waals surface area contributed by atoms with Gasteiger partial charge in [0.2, 0.25) is 0 Å². The molecule has 1 aliphatic rings. The van der Waals surface area contributed by atoms with Gasteiger partial charge in [0.05, 0.1) is 0 Å². The Hall–Kier alpha value is -1.22. The summed E-state index contributed by atoms with van der Waals surface area (Å²) >= 11 is 5.73. The Kier molecular flexibility index (Phi) is 1.43. The van der Waals surface area contributed by atoms with Crippen LogP contribution < -0.4 is 10.3 Å². The predicted octanol–water partition coefficient (Wildman–Crippen LogP) is 1.90. The van der Waals surface area contributed by atoms with Crippen molar-refractivity contribution < 1.29 is 4.84 Å². The predicted molar refractivity (Wildman–Crippen MR) is 43.4 cm³/mol. The van der Waals surface area contributed by atoms with Crippen LogP contribution in [0.2, 0.25) is 5.02 Å². The molecule has 1 N–H and O–H groups in total. The van der Waals surface area contributed by atoms with E-state index < -0.39 is 0 Å². The highest BCUT2D eigenvalue weighted by Crippen LogP contribution is 2.30. The normalized spacial score (nSPS) is 13.2. The van der Waals surface area contributed by atoms with Crippen molar-refractivity contribution >= 4 is 23.6 Å². The standard InChI is InChI=1S/C7H5ClN2O/c8-5-1-2-7-6(3-5)9-4-10-11-7/h1-4H,(H,9,10). The Morgan fingerprint density at radius 1 is 1.45 bits per heavy atom. The summed E-state index contributed by atoms with van der Waals surface area (Å²) in [5.74, 6) is 0.692. The topological polar surface area (TPSA) is 33.6 Å². The number of nitrogens with zero attached hydrogens (tertiary/aromatic N) is 1. The van der Waals surface area contributed by atoms with Crippen molar-refractivity contribution in [3.63, 3.8) is 0 Å². The molecule has 0 spiro atoms. The highest BCUT2D eigenvalue weighted by Gasteiger charge is 2.05. The number of hydrogen-bond acceptors (Lipinski definition) is 3. The van der Waals surface area contributed by atoms with Crippen LogP contribution in [0.4, 0.5) is 5.69 Å². The fourth-order valence-electron chi connectivity index (χ4n) is 0.863. The van der Waals surface area contributed by atoms with E-state index in [1.807, 2.05) is 0 Å². The van der Waals surface area contributed by atoms with Crippen LogP contribution in [0.15, 0.2) is 23.2 Å². The third-order valence-corrected chi connectivity index (χ3v) is 1.58. The number of rotatable bonds is 0. The van der Waals surface area contributed by atoms with E-state index >= 15 is 0 Å². The van der Waals surface area contributed by atoms with Gasteiger partial charge in [0.15, 0.2) is 5.75 Å². The molecule has 0 aromatic heterocycles. The van der Waals surface area contributed by atoms with Gasteiger partial charge in [-0.05, 0) is 18.2 Å². The van der Waals surface area contributed by atoms with Gasteiger partial charge in [-0.15, -0.1) is 0 Å². The third kappa shape index (κ3) is 1.14. The second-order valence-corrected chi connectivity index (χ2v) is 2.53. The second kappa shape index (κ2) is 2.43. The quantitative estimate of drug-likeness (QED) is 0.642. The fraction of sp³-hybridized carbons (Fsp3) is 0. The number of fused-ring (bicyclic) bond motifs is 1. The molecule has 1 heterocycles. The Labute approximate surface area is 68.6 Å². The SMILES string of the molecule is Clc1ccc2c(c1)N=CNO2. The lowest BCUT2D eigenvalue weighted by Crippen LogP contribution is -2.18. The molecule has 0 aliphatic carbocycles. The number of hydrogen-bond donors (Lipinski definition) is 1. The number of hydroxylamine groups is 1. The van der Waals surface area contributed by atoms with E-state index in [1.54, 1.807) is 18.2 Å². The molecule has 0 radical (unpaired) electrons. The van der Waals surface area contributed by atoms with Crippen molar-refractivity contribution in [3.05, 3.63) is 23.2 Å². The molecule has 11 heavy (non-hydrogen) atoms. The smallest absolute Gasteiger partial charge is 0.180 e. The Bertz CT molecular complexity index is 311. The molecule has 4 heteroatoms. The molecule has 0 unspecified atom stereocenters. The van der Waals surface area contributed by atoms with Crippen molar-refractivity contribution in [2.45, 2.75) is 0 Å². The molecule has 0 amide bonds. The zero-order valence-corrected chi connectivity index (χ0v) is 6.30. The summed E-state index contributed by atoms with van der Waals surface area (Å²) in [5, 5.41) is 0.659. The number of benzene rings is 1. The van der Waals surface area contributed by atoms with Crippen LogP contribution in [0.25, 0.3) is 0 Å². The summed E-state index contributed by atoms with van der Waals surface area (Å²) in [6.45, 7) is 0. The summed E-state index contributed by atoms with van der Waals surface area (Å²) in [5.41, 5.74) is 3.27. The molecule has 1 aromatic carbocycles. The van der Waals surface area contributed by atoms with Gasteiger partial charge < -0.3 is 4.84 Å². The van der Waals surface area contributed by atoms with E-state index in [2.05, 4.69) is 10.5 Å². The van der Waals surface area contributed by atoms with Crippen LogP contribution in [-0.2, 0) is 0 Å². The summed E-state index contributed by atoms with van der Waals surface area (Å²) in [7, 11) is 0. The molecule has 1 aromatic rings. The highest BCUT2D eigenvalue weighted by molar-refractivity contribution is 6.30. The Morgan fingerprint density at radius 2 is 2.36 bits per heavy atom. The van der Waals surface area contributed by atoms with Crippen LogP contribution in [0, 0.1) is 0 Å². The maximum atomic E-state index is 5.73. The van der Waals surface area contributed by atoms with Gasteiger partial charge in [0, 0.05) is 5.02 Å². The molecule has 0 bridgehead atoms. The van der Waals surface area contributed by atoms with Crippen molar-refractivity contribution in [2.75, 3.05) is 0 Å². The minimum atomic E-state index is 0.659. The molecule has 56 valence electrons. The average molecular weight is 169 g/mol. The molecule has 2 rings (SSSR count). The minimum Gasteiger partial charge on any atom is -0.379 e. The van der Waals surface area contributed by atoms with E-state index in [0.29, 0.717) is 10.8 Å². The van der Waals surface area contributed by atoms with E-state index in [1.165, 1.54) is 6.34 Å². The zero-order valence-electron chi connectivity index (χ0n) is 5.54. The monoisotopic (exact) mass is 168 g/mol. The van der Waals surface area contributed by atoms with Crippen LogP contribution in [0.1, 0.15) is 0 Å². The Morgan fingerprint density at radius 3 is 3.27 bits per heavy atom. The maximum absolute atomic E-state index is 5.73. The number of nitrogens with one attached hydrogen (secondary N) is 1. The van der Waals surface area contributed by atoms with Crippen molar-refractivity contribution in [1.82, 2.24) is 5.48 Å². The third-order valence-electron chi connectivity index (χ3n) is 1.35. The number of halogens is 1. The van der Waals surface area contributed by atoms with Gasteiger partial charge >= 0.3 is 0 Å². The lowest BCUT2D eigenvalue weighted by atomic mass is 10.3. The molecular weight excluding hydrogens is 164 g/mol. The van der Waals surface area contributed by atoms with E-state index in [4.69, 9.17) is 16.4 Å². The lowest BCUT2D eigenvalue weighted by molar-refractivity contribution is 0.264. The molecular formula is C7H5ClN2O. The van der Waals surface area contributed by atoms with Gasteiger partial charge in [0.1, 0.15) is 12.0 Å². The van der Waals surface area contributed by atoms with Gasteiger partial charge in [-0.25, -0.2) is 10.5 Å². The van der Waals surface area contributed by atoms with E-state index in [-0.39, 0.29) is 0 Å². The van der Waals surface area contributed by atoms with Crippen LogP contribution >= 0.6 is 11.6 Å². The van der Waals surface area contributed by atoms with E-state index in [0.717, 1.165) is 5.69 Å². The van der Waals surface area contributed by atoms with Gasteiger partial charge in [0.25, 0.3) is 0 Å². The molecule has 0 saturated heterocycles. The molecule has 1 aliphatic heterocycles. The summed E-state index contributed by atoms with van der Waals surface area (Å²) in [6, 6.07) is 5.26. The van der Waals surface area contributed by atoms with Gasteiger partial charge in [-0.2, -0.15) is 0 Å². The molecule has 0 atom stereocenters. The minimum absolute atomic E-state index is 0.659. The summed E-state index contributed by atoms with van der Waals surface area (Å²) in [6.07, 6.45) is 1.47. The van der Waals surface area contributed by atoms with Crippen molar-refractivity contribution in [1.29, 1.82) is 0 Å². The first-order valence-electron chi connectivity index (χ1n) is 3.11. The second-order valence-electron chi connectivity index (χ2n) is 2.09. The summed E-state index contributed by atoms with van der Waals surface area (Å²) in [4.78, 5) is 9.03. The van der Waals surface area contributed by atoms with Crippen molar-refractivity contribution in [2.24, 2.45) is 4.99 Å². The molecule has 0 saturated carbocycles. The zero-order chi connectivity index (χ0) is 7.68. The average Bonchev–Trinajstić information content (AvgIpc) is 2.04. The first kappa shape index (κ1) is 6.49. The first-order chi connectivity index (χ1) is 5.36. The van der Waals surface area contributed by atoms with Crippen LogP contribution in [-0.4, -0.2) is 6.34 Å². The summed E-state index contributed by atoms with van der Waals surface area (Å²) < 4.78 is 0. The van der Waals surface area contributed by atoms with E-state index in [9.17, 15) is 0 Å². The Balaban J connectivity index is 2.54. The van der Waals surface area contributed by atoms with Gasteiger partial charge in [-0.1, -0.05) is 11.6 Å². The fourth-order valence-corrected chi connectivity index (χ4v) is 1.03. The van der Waals surface area contributed by atoms with Crippen LogP contribution in [0.5, 0.6) is 5.75 Å². The maximum Gasteiger partial charge on any atom is 0.180 e. The number of aliphatic imine (C=N–C) groups is 1. The van der Waals surface area contributed by atoms with Crippen molar-refractivity contribution in [3.8, 4) is 5.75 Å². The van der Waals surface area contributed by atoms with Gasteiger partial charge in [-0.3, -0.25) is 0 Å². The molecule has 3 nitrogen and oxygen atoms in total. The first-order valence-corrected chi connectivity index (χ1v) is 3.48. The van der Waals surface area contributed by atoms with Crippen LogP contribution in [0.3, 0.4) is 0 Å². The molecule has 0 fully saturated rings. The lowest BCUT2D eigenvalue weighted by Gasteiger charge is -2.10. The highest BCUT2D eigenvalue weighted by atomic mass is 35.5. The largest absolute Gasteiger partial charge is 0.379 e.